The maximum atomic E-state index is 10.7. The number of aromatic nitrogens is 1. The molecule has 1 heterocycles. The number of ether oxygens (including phenoxy) is 1. The number of carbonyl (C=O) groups is 1. The zero-order chi connectivity index (χ0) is 13.1. The van der Waals surface area contributed by atoms with Crippen LogP contribution in [0.2, 0.25) is 0 Å². The molecule has 3 rings (SSSR count). The summed E-state index contributed by atoms with van der Waals surface area (Å²) in [6, 6.07) is 14.6. The molecule has 0 aliphatic carbocycles. The van der Waals surface area contributed by atoms with Gasteiger partial charge >= 0.3 is 0 Å². The second-order valence-corrected chi connectivity index (χ2v) is 4.05. The van der Waals surface area contributed by atoms with Crippen LogP contribution in [0.15, 0.2) is 52.9 Å². The van der Waals surface area contributed by atoms with Crippen molar-refractivity contribution in [2.24, 2.45) is 0 Å². The predicted octanol–water partition coefficient (Wildman–Crippen LogP) is 3.22. The van der Waals surface area contributed by atoms with E-state index in [1.807, 2.05) is 30.3 Å². The molecule has 0 spiro atoms. The van der Waals surface area contributed by atoms with Crippen LogP contribution >= 0.6 is 0 Å². The van der Waals surface area contributed by atoms with Crippen molar-refractivity contribution in [3.63, 3.8) is 0 Å². The Labute approximate surface area is 109 Å². The van der Waals surface area contributed by atoms with Gasteiger partial charge in [-0.2, -0.15) is 0 Å². The zero-order valence-electron chi connectivity index (χ0n) is 10.1. The minimum Gasteiger partial charge on any atom is -0.484 e. The quantitative estimate of drug-likeness (QED) is 0.670. The largest absolute Gasteiger partial charge is 0.484 e. The number of benzene rings is 2. The summed E-state index contributed by atoms with van der Waals surface area (Å²) >= 11 is 0. The minimum atomic E-state index is 0.259. The van der Waals surface area contributed by atoms with Crippen LogP contribution in [0, 0.1) is 0 Å². The Kier molecular flexibility index (Phi) is 2.98. The number of nitrogens with zero attached hydrogens (tertiary/aromatic N) is 1. The summed E-state index contributed by atoms with van der Waals surface area (Å²) < 4.78 is 11.1. The molecule has 2 aromatic carbocycles. The van der Waals surface area contributed by atoms with E-state index in [1.54, 1.807) is 18.2 Å². The molecule has 4 nitrogen and oxygen atoms in total. The third-order valence-corrected chi connectivity index (χ3v) is 2.70. The molecular formula is C15H11NO3. The molecule has 0 fully saturated rings. The lowest BCUT2D eigenvalue weighted by atomic mass is 10.2. The van der Waals surface area contributed by atoms with Crippen molar-refractivity contribution in [3.8, 4) is 5.75 Å². The van der Waals surface area contributed by atoms with Crippen LogP contribution in [0.4, 0.5) is 0 Å². The second kappa shape index (κ2) is 4.94. The van der Waals surface area contributed by atoms with Crippen LogP contribution < -0.4 is 4.74 Å². The van der Waals surface area contributed by atoms with Crippen LogP contribution in [0.25, 0.3) is 11.1 Å². The smallest absolute Gasteiger partial charge is 0.233 e. The first-order valence-electron chi connectivity index (χ1n) is 5.87. The van der Waals surface area contributed by atoms with Crippen molar-refractivity contribution >= 4 is 17.4 Å². The van der Waals surface area contributed by atoms with E-state index in [0.717, 1.165) is 12.0 Å². The van der Waals surface area contributed by atoms with E-state index in [0.29, 0.717) is 22.6 Å². The van der Waals surface area contributed by atoms with Gasteiger partial charge in [0.1, 0.15) is 17.6 Å². The summed E-state index contributed by atoms with van der Waals surface area (Å²) in [7, 11) is 0. The van der Waals surface area contributed by atoms with E-state index in [2.05, 4.69) is 4.98 Å². The molecule has 0 amide bonds. The molecule has 1 aromatic heterocycles. The first-order valence-corrected chi connectivity index (χ1v) is 5.87. The van der Waals surface area contributed by atoms with Crippen LogP contribution in [0.3, 0.4) is 0 Å². The number of para-hydroxylation sites is 1. The lowest BCUT2D eigenvalue weighted by molar-refractivity contribution is 0.112. The third kappa shape index (κ3) is 2.47. The standard InChI is InChI=1S/C15H11NO3/c17-9-11-6-7-14-13(8-11)16-15(19-14)10-18-12-4-2-1-3-5-12/h1-9H,10H2. The first-order chi connectivity index (χ1) is 9.35. The van der Waals surface area contributed by atoms with E-state index < -0.39 is 0 Å². The van der Waals surface area contributed by atoms with E-state index in [1.165, 1.54) is 0 Å². The van der Waals surface area contributed by atoms with Gasteiger partial charge in [0.05, 0.1) is 0 Å². The van der Waals surface area contributed by atoms with Gasteiger partial charge in [0, 0.05) is 5.56 Å². The lowest BCUT2D eigenvalue weighted by Crippen LogP contribution is -1.94. The summed E-state index contributed by atoms with van der Waals surface area (Å²) in [5.41, 5.74) is 1.89. The van der Waals surface area contributed by atoms with Gasteiger partial charge in [-0.1, -0.05) is 18.2 Å². The summed E-state index contributed by atoms with van der Waals surface area (Å²) in [5.74, 6) is 1.25. The van der Waals surface area contributed by atoms with Gasteiger partial charge in [0.2, 0.25) is 5.89 Å². The summed E-state index contributed by atoms with van der Waals surface area (Å²) in [6.45, 7) is 0.259. The predicted molar refractivity (Wildman–Crippen MR) is 70.2 cm³/mol. The summed E-state index contributed by atoms with van der Waals surface area (Å²) in [6.07, 6.45) is 0.786. The van der Waals surface area contributed by atoms with Gasteiger partial charge in [-0.3, -0.25) is 4.79 Å². The highest BCUT2D eigenvalue weighted by molar-refractivity contribution is 5.83. The van der Waals surface area contributed by atoms with Gasteiger partial charge in [0.15, 0.2) is 12.2 Å². The number of rotatable bonds is 4. The molecule has 0 N–H and O–H groups in total. The highest BCUT2D eigenvalue weighted by Crippen LogP contribution is 2.18. The van der Waals surface area contributed by atoms with Crippen LogP contribution in [0.1, 0.15) is 16.2 Å². The van der Waals surface area contributed by atoms with Crippen molar-refractivity contribution < 1.29 is 13.9 Å². The van der Waals surface area contributed by atoms with Gasteiger partial charge in [0.25, 0.3) is 0 Å². The Morgan fingerprint density at radius 3 is 2.79 bits per heavy atom. The molecule has 0 radical (unpaired) electrons. The normalized spacial score (nSPS) is 10.5. The van der Waals surface area contributed by atoms with Crippen molar-refractivity contribution in [3.05, 3.63) is 60.0 Å². The van der Waals surface area contributed by atoms with Gasteiger partial charge in [-0.15, -0.1) is 0 Å². The van der Waals surface area contributed by atoms with E-state index in [9.17, 15) is 4.79 Å². The van der Waals surface area contributed by atoms with Crippen LogP contribution in [-0.4, -0.2) is 11.3 Å². The Morgan fingerprint density at radius 2 is 2.00 bits per heavy atom. The number of hydrogen-bond donors (Lipinski definition) is 0. The van der Waals surface area contributed by atoms with Crippen molar-refractivity contribution in [2.75, 3.05) is 0 Å². The number of aldehydes is 1. The molecule has 94 valence electrons. The van der Waals surface area contributed by atoms with Gasteiger partial charge < -0.3 is 9.15 Å². The van der Waals surface area contributed by atoms with Gasteiger partial charge in [-0.05, 0) is 30.3 Å². The first kappa shape index (κ1) is 11.5. The van der Waals surface area contributed by atoms with Crippen molar-refractivity contribution in [2.45, 2.75) is 6.61 Å². The molecular weight excluding hydrogens is 242 g/mol. The fourth-order valence-corrected chi connectivity index (χ4v) is 1.79. The van der Waals surface area contributed by atoms with E-state index in [-0.39, 0.29) is 6.61 Å². The number of oxazole rings is 1. The Hall–Kier alpha value is -2.62. The minimum absolute atomic E-state index is 0.259. The molecule has 19 heavy (non-hydrogen) atoms. The summed E-state index contributed by atoms with van der Waals surface area (Å²) in [4.78, 5) is 15.0. The van der Waals surface area contributed by atoms with Crippen LogP contribution in [0.5, 0.6) is 5.75 Å². The third-order valence-electron chi connectivity index (χ3n) is 2.70. The maximum absolute atomic E-state index is 10.7. The average molecular weight is 253 g/mol. The topological polar surface area (TPSA) is 52.3 Å². The Bertz CT molecular complexity index is 704. The molecule has 0 unspecified atom stereocenters. The molecule has 3 aromatic rings. The zero-order valence-corrected chi connectivity index (χ0v) is 10.1. The van der Waals surface area contributed by atoms with Crippen molar-refractivity contribution in [1.29, 1.82) is 0 Å². The molecule has 0 aliphatic rings. The molecule has 0 bridgehead atoms. The Balaban J connectivity index is 1.80. The monoisotopic (exact) mass is 253 g/mol. The van der Waals surface area contributed by atoms with E-state index >= 15 is 0 Å². The SMILES string of the molecule is O=Cc1ccc2oc(COc3ccccc3)nc2c1. The van der Waals surface area contributed by atoms with Gasteiger partial charge in [-0.25, -0.2) is 4.98 Å². The molecule has 4 heteroatoms. The fourth-order valence-electron chi connectivity index (χ4n) is 1.79. The number of carbonyl (C=O) groups excluding carboxylic acids is 1. The Morgan fingerprint density at radius 1 is 1.16 bits per heavy atom. The molecule has 0 saturated carbocycles. The highest BCUT2D eigenvalue weighted by atomic mass is 16.5. The highest BCUT2D eigenvalue weighted by Gasteiger charge is 2.07. The second-order valence-electron chi connectivity index (χ2n) is 4.05. The molecule has 0 aliphatic heterocycles. The fraction of sp³-hybridized carbons (Fsp3) is 0.0667. The lowest BCUT2D eigenvalue weighted by Gasteiger charge is -2.01. The number of fused-ring (bicyclic) bond motifs is 1. The molecule has 0 atom stereocenters. The maximum Gasteiger partial charge on any atom is 0.233 e. The molecule has 0 saturated heterocycles. The number of hydrogen-bond acceptors (Lipinski definition) is 4. The average Bonchev–Trinajstić information content (AvgIpc) is 2.88. The van der Waals surface area contributed by atoms with Crippen LogP contribution in [-0.2, 0) is 6.61 Å². The van der Waals surface area contributed by atoms with Crippen molar-refractivity contribution in [1.82, 2.24) is 4.98 Å². The summed E-state index contributed by atoms with van der Waals surface area (Å²) in [5, 5.41) is 0. The van der Waals surface area contributed by atoms with E-state index in [4.69, 9.17) is 9.15 Å².